The van der Waals surface area contributed by atoms with Crippen LogP contribution < -0.4 is 5.32 Å². The Kier molecular flexibility index (Phi) is 4.17. The number of para-hydroxylation sites is 1. The fourth-order valence-electron chi connectivity index (χ4n) is 2.90. The molecule has 3 aromatic rings. The molecule has 10 nitrogen and oxygen atoms in total. The molecule has 0 bridgehead atoms. The summed E-state index contributed by atoms with van der Waals surface area (Å²) in [6.07, 6.45) is -3.14. The minimum Gasteiger partial charge on any atom is -0.492 e. The lowest BCUT2D eigenvalue weighted by molar-refractivity contribution is -0.0511. The van der Waals surface area contributed by atoms with Gasteiger partial charge in [0.25, 0.3) is 0 Å². The first-order valence-electron chi connectivity index (χ1n) is 7.96. The summed E-state index contributed by atoms with van der Waals surface area (Å²) < 4.78 is 6.88. The zero-order chi connectivity index (χ0) is 18.3. The summed E-state index contributed by atoms with van der Waals surface area (Å²) in [6, 6.07) is 9.17. The molecule has 1 aliphatic rings. The maximum atomic E-state index is 10.2. The number of nitrogens with one attached hydrogen (secondary N) is 1. The van der Waals surface area contributed by atoms with Crippen molar-refractivity contribution >= 4 is 22.8 Å². The SMILES string of the molecule is OC[C@H]1O[C@@H](n2cnc3c(O)nc(Nc4ccccc4)nc32)[C@H](O)[C@@H]1O. The Morgan fingerprint density at radius 1 is 1.12 bits per heavy atom. The molecule has 1 saturated heterocycles. The van der Waals surface area contributed by atoms with Crippen LogP contribution in [-0.2, 0) is 4.74 Å². The van der Waals surface area contributed by atoms with Crippen LogP contribution in [0.15, 0.2) is 36.7 Å². The molecule has 10 heteroatoms. The second-order valence-corrected chi connectivity index (χ2v) is 5.91. The first-order valence-corrected chi connectivity index (χ1v) is 7.96. The van der Waals surface area contributed by atoms with Gasteiger partial charge >= 0.3 is 0 Å². The molecule has 1 aliphatic heterocycles. The van der Waals surface area contributed by atoms with E-state index in [1.54, 1.807) is 0 Å². The number of aliphatic hydroxyl groups excluding tert-OH is 3. The fourth-order valence-corrected chi connectivity index (χ4v) is 2.90. The molecule has 1 fully saturated rings. The van der Waals surface area contributed by atoms with Gasteiger partial charge in [-0.1, -0.05) is 18.2 Å². The van der Waals surface area contributed by atoms with Crippen molar-refractivity contribution in [2.24, 2.45) is 0 Å². The average Bonchev–Trinajstić information content (AvgIpc) is 3.18. The van der Waals surface area contributed by atoms with Crippen LogP contribution in [0, 0.1) is 0 Å². The Morgan fingerprint density at radius 3 is 2.58 bits per heavy atom. The van der Waals surface area contributed by atoms with Crippen LogP contribution in [0.3, 0.4) is 0 Å². The number of rotatable bonds is 4. The average molecular weight is 359 g/mol. The lowest BCUT2D eigenvalue weighted by Crippen LogP contribution is -2.33. The minimum atomic E-state index is -1.29. The predicted molar refractivity (Wildman–Crippen MR) is 89.7 cm³/mol. The minimum absolute atomic E-state index is 0.126. The predicted octanol–water partition coefficient (Wildman–Crippen LogP) is -0.113. The Balaban J connectivity index is 1.73. The number of imidazole rings is 1. The van der Waals surface area contributed by atoms with Crippen LogP contribution in [0.1, 0.15) is 6.23 Å². The number of anilines is 2. The summed E-state index contributed by atoms with van der Waals surface area (Å²) in [5, 5.41) is 42.5. The Hall–Kier alpha value is -2.79. The van der Waals surface area contributed by atoms with Crippen LogP contribution in [0.4, 0.5) is 11.6 Å². The lowest BCUT2D eigenvalue weighted by atomic mass is 10.1. The quantitative estimate of drug-likeness (QED) is 0.430. The van der Waals surface area contributed by atoms with Crippen LogP contribution in [0.5, 0.6) is 5.88 Å². The van der Waals surface area contributed by atoms with E-state index in [1.165, 1.54) is 10.9 Å². The van der Waals surface area contributed by atoms with Crippen molar-refractivity contribution in [3.8, 4) is 5.88 Å². The molecule has 0 unspecified atom stereocenters. The molecule has 5 N–H and O–H groups in total. The first-order chi connectivity index (χ1) is 12.6. The number of hydrogen-bond acceptors (Lipinski definition) is 9. The van der Waals surface area contributed by atoms with Crippen molar-refractivity contribution < 1.29 is 25.2 Å². The molecule has 0 amide bonds. The van der Waals surface area contributed by atoms with E-state index in [1.807, 2.05) is 30.3 Å². The van der Waals surface area contributed by atoms with Gasteiger partial charge in [-0.15, -0.1) is 0 Å². The summed E-state index contributed by atoms with van der Waals surface area (Å²) in [4.78, 5) is 12.3. The van der Waals surface area contributed by atoms with Gasteiger partial charge in [0.15, 0.2) is 17.4 Å². The summed E-state index contributed by atoms with van der Waals surface area (Å²) >= 11 is 0. The molecule has 4 rings (SSSR count). The van der Waals surface area contributed by atoms with Gasteiger partial charge in [-0.25, -0.2) is 4.98 Å². The number of fused-ring (bicyclic) bond motifs is 1. The van der Waals surface area contributed by atoms with Crippen molar-refractivity contribution in [3.05, 3.63) is 36.7 Å². The molecule has 1 aromatic carbocycles. The maximum Gasteiger partial charge on any atom is 0.244 e. The summed E-state index contributed by atoms with van der Waals surface area (Å²) in [5.41, 5.74) is 1.07. The molecule has 0 spiro atoms. The van der Waals surface area contributed by atoms with E-state index in [4.69, 9.17) is 4.74 Å². The van der Waals surface area contributed by atoms with Crippen LogP contribution in [0.25, 0.3) is 11.2 Å². The van der Waals surface area contributed by atoms with E-state index in [-0.39, 0.29) is 23.0 Å². The zero-order valence-corrected chi connectivity index (χ0v) is 13.5. The fraction of sp³-hybridized carbons (Fsp3) is 0.312. The summed E-state index contributed by atoms with van der Waals surface area (Å²) in [7, 11) is 0. The van der Waals surface area contributed by atoms with Gasteiger partial charge in [0.2, 0.25) is 11.8 Å². The van der Waals surface area contributed by atoms with Crippen molar-refractivity contribution in [2.45, 2.75) is 24.5 Å². The zero-order valence-electron chi connectivity index (χ0n) is 13.5. The molecular formula is C16H17N5O5. The lowest BCUT2D eigenvalue weighted by Gasteiger charge is -2.16. The number of benzene rings is 1. The second kappa shape index (κ2) is 6.50. The van der Waals surface area contributed by atoms with E-state index in [0.717, 1.165) is 5.69 Å². The molecule has 0 aliphatic carbocycles. The highest BCUT2D eigenvalue weighted by atomic mass is 16.6. The third-order valence-electron chi connectivity index (χ3n) is 4.22. The summed E-state index contributed by atoms with van der Waals surface area (Å²) in [5.74, 6) is -0.200. The van der Waals surface area contributed by atoms with Crippen molar-refractivity contribution in [2.75, 3.05) is 11.9 Å². The number of hydrogen-bond donors (Lipinski definition) is 5. The topological polar surface area (TPSA) is 146 Å². The molecule has 0 saturated carbocycles. The molecular weight excluding hydrogens is 342 g/mol. The first kappa shape index (κ1) is 16.7. The molecule has 3 heterocycles. The van der Waals surface area contributed by atoms with E-state index < -0.39 is 31.1 Å². The highest BCUT2D eigenvalue weighted by molar-refractivity contribution is 5.78. The highest BCUT2D eigenvalue weighted by Crippen LogP contribution is 2.33. The van der Waals surface area contributed by atoms with Crippen LogP contribution in [0.2, 0.25) is 0 Å². The Morgan fingerprint density at radius 2 is 1.88 bits per heavy atom. The largest absolute Gasteiger partial charge is 0.492 e. The number of nitrogens with zero attached hydrogens (tertiary/aromatic N) is 4. The van der Waals surface area contributed by atoms with E-state index in [9.17, 15) is 20.4 Å². The van der Waals surface area contributed by atoms with Gasteiger partial charge in [-0.2, -0.15) is 9.97 Å². The van der Waals surface area contributed by atoms with Crippen LogP contribution >= 0.6 is 0 Å². The summed E-state index contributed by atoms with van der Waals surface area (Å²) in [6.45, 7) is -0.442. The molecule has 4 atom stereocenters. The van der Waals surface area contributed by atoms with Gasteiger partial charge in [-0.3, -0.25) is 4.57 Å². The number of aromatic nitrogens is 4. The molecule has 26 heavy (non-hydrogen) atoms. The van der Waals surface area contributed by atoms with Crippen molar-refractivity contribution in [1.82, 2.24) is 19.5 Å². The van der Waals surface area contributed by atoms with Crippen LogP contribution in [-0.4, -0.2) is 64.9 Å². The van der Waals surface area contributed by atoms with Crippen molar-refractivity contribution in [1.29, 1.82) is 0 Å². The molecule has 136 valence electrons. The number of aromatic hydroxyl groups is 1. The van der Waals surface area contributed by atoms with E-state index in [2.05, 4.69) is 20.3 Å². The third kappa shape index (κ3) is 2.74. The van der Waals surface area contributed by atoms with Gasteiger partial charge in [0.1, 0.15) is 18.3 Å². The Bertz CT molecular complexity index is 918. The van der Waals surface area contributed by atoms with Crippen molar-refractivity contribution in [3.63, 3.8) is 0 Å². The maximum absolute atomic E-state index is 10.2. The van der Waals surface area contributed by atoms with E-state index >= 15 is 0 Å². The Labute approximate surface area is 147 Å². The highest BCUT2D eigenvalue weighted by Gasteiger charge is 2.44. The number of ether oxygens (including phenoxy) is 1. The van der Waals surface area contributed by atoms with Gasteiger partial charge in [0, 0.05) is 5.69 Å². The monoisotopic (exact) mass is 359 g/mol. The van der Waals surface area contributed by atoms with E-state index in [0.29, 0.717) is 0 Å². The van der Waals surface area contributed by atoms with Gasteiger partial charge in [-0.05, 0) is 12.1 Å². The number of aliphatic hydroxyl groups is 3. The molecule has 2 aromatic heterocycles. The smallest absolute Gasteiger partial charge is 0.244 e. The standard InChI is InChI=1S/C16H17N5O5/c22-6-9-11(23)12(24)15(26-9)21-7-17-10-13(21)19-16(20-14(10)25)18-8-4-2-1-3-5-8/h1-5,7,9,11-12,15,22-24H,6H2,(H2,18,19,20,25)/t9-,11-,12-,15-/m1/s1. The third-order valence-corrected chi connectivity index (χ3v) is 4.22. The van der Waals surface area contributed by atoms with Gasteiger partial charge < -0.3 is 30.5 Å². The molecule has 0 radical (unpaired) electrons. The normalized spacial score (nSPS) is 25.7. The second-order valence-electron chi connectivity index (χ2n) is 5.91. The van der Waals surface area contributed by atoms with Gasteiger partial charge in [0.05, 0.1) is 12.9 Å².